The van der Waals surface area contributed by atoms with Gasteiger partial charge in [-0.25, -0.2) is 4.39 Å². The van der Waals surface area contributed by atoms with Crippen molar-refractivity contribution in [3.63, 3.8) is 0 Å². The molecule has 0 aliphatic heterocycles. The van der Waals surface area contributed by atoms with Crippen LogP contribution in [0.5, 0.6) is 0 Å². The van der Waals surface area contributed by atoms with E-state index >= 15 is 0 Å². The molecule has 1 aliphatic carbocycles. The molecule has 16 heavy (non-hydrogen) atoms. The lowest BCUT2D eigenvalue weighted by Crippen LogP contribution is -2.33. The summed E-state index contributed by atoms with van der Waals surface area (Å²) in [6, 6.07) is 3.89. The zero-order valence-corrected chi connectivity index (χ0v) is 8.94. The number of hydrogen-bond acceptors (Lipinski definition) is 3. The lowest BCUT2D eigenvalue weighted by molar-refractivity contribution is -0.384. The summed E-state index contributed by atoms with van der Waals surface area (Å²) in [4.78, 5) is 10.2. The van der Waals surface area contributed by atoms with Crippen molar-refractivity contribution >= 4 is 11.4 Å². The van der Waals surface area contributed by atoms with Gasteiger partial charge < -0.3 is 5.32 Å². The van der Waals surface area contributed by atoms with Crippen LogP contribution in [0.15, 0.2) is 18.2 Å². The molecule has 4 nitrogen and oxygen atoms in total. The molecule has 1 aromatic rings. The Bertz CT molecular complexity index is 416. The zero-order chi connectivity index (χ0) is 11.7. The van der Waals surface area contributed by atoms with Gasteiger partial charge >= 0.3 is 0 Å². The maximum atomic E-state index is 12.9. The topological polar surface area (TPSA) is 55.2 Å². The van der Waals surface area contributed by atoms with Crippen LogP contribution in [0, 0.1) is 21.8 Å². The second-order valence-corrected chi connectivity index (χ2v) is 4.34. The largest absolute Gasteiger partial charge is 0.377 e. The highest BCUT2D eigenvalue weighted by Gasteiger charge is 2.27. The quantitative estimate of drug-likeness (QED) is 0.634. The van der Waals surface area contributed by atoms with Crippen molar-refractivity contribution in [1.29, 1.82) is 0 Å². The van der Waals surface area contributed by atoms with E-state index in [1.54, 1.807) is 0 Å². The normalized spacial score (nSPS) is 23.6. The van der Waals surface area contributed by atoms with Crippen molar-refractivity contribution < 1.29 is 9.31 Å². The highest BCUT2D eigenvalue weighted by atomic mass is 19.1. The Labute approximate surface area is 92.6 Å². The summed E-state index contributed by atoms with van der Waals surface area (Å²) in [5, 5.41) is 13.8. The van der Waals surface area contributed by atoms with Crippen molar-refractivity contribution in [2.75, 3.05) is 5.32 Å². The van der Waals surface area contributed by atoms with Gasteiger partial charge in [-0.2, -0.15) is 0 Å². The van der Waals surface area contributed by atoms with Gasteiger partial charge in [0.05, 0.1) is 11.0 Å². The third-order valence-corrected chi connectivity index (χ3v) is 2.89. The minimum absolute atomic E-state index is 0.195. The highest BCUT2D eigenvalue weighted by molar-refractivity contribution is 5.62. The lowest BCUT2D eigenvalue weighted by atomic mass is 9.82. The molecule has 1 fully saturated rings. The molecule has 0 spiro atoms. The number of halogens is 1. The molecule has 0 saturated heterocycles. The third kappa shape index (κ3) is 2.13. The van der Waals surface area contributed by atoms with Gasteiger partial charge in [-0.05, 0) is 30.9 Å². The monoisotopic (exact) mass is 224 g/mol. The van der Waals surface area contributed by atoms with E-state index in [9.17, 15) is 14.5 Å². The summed E-state index contributed by atoms with van der Waals surface area (Å²) >= 11 is 0. The second kappa shape index (κ2) is 4.08. The Balaban J connectivity index is 2.16. The number of nitro groups is 1. The van der Waals surface area contributed by atoms with E-state index in [2.05, 4.69) is 12.2 Å². The van der Waals surface area contributed by atoms with E-state index in [1.165, 1.54) is 12.1 Å². The Morgan fingerprint density at radius 1 is 1.50 bits per heavy atom. The Kier molecular flexibility index (Phi) is 2.77. The average molecular weight is 224 g/mol. The molecule has 0 heterocycles. The van der Waals surface area contributed by atoms with Crippen LogP contribution in [0.3, 0.4) is 0 Å². The first-order valence-corrected chi connectivity index (χ1v) is 5.26. The molecule has 1 saturated carbocycles. The summed E-state index contributed by atoms with van der Waals surface area (Å²) < 4.78 is 12.9. The first-order chi connectivity index (χ1) is 7.56. The molecule has 5 heteroatoms. The first-order valence-electron chi connectivity index (χ1n) is 5.26. The summed E-state index contributed by atoms with van der Waals surface area (Å²) in [5.74, 6) is 0.0798. The van der Waals surface area contributed by atoms with Gasteiger partial charge in [0.25, 0.3) is 5.69 Å². The molecule has 0 unspecified atom stereocenters. The first kappa shape index (κ1) is 10.9. The smallest absolute Gasteiger partial charge is 0.295 e. The van der Waals surface area contributed by atoms with Gasteiger partial charge in [-0.3, -0.25) is 10.1 Å². The van der Waals surface area contributed by atoms with E-state index < -0.39 is 10.7 Å². The van der Waals surface area contributed by atoms with Crippen molar-refractivity contribution in [2.24, 2.45) is 5.92 Å². The van der Waals surface area contributed by atoms with Crippen molar-refractivity contribution in [2.45, 2.75) is 25.8 Å². The Hall–Kier alpha value is -1.65. The minimum atomic E-state index is -0.584. The standard InChI is InChI=1S/C11H13FN2O2/c1-7-4-9(5-7)13-10-3-2-8(12)6-11(10)14(15)16/h2-3,6-7,9,13H,4-5H2,1H3. The molecule has 1 N–H and O–H groups in total. The third-order valence-electron chi connectivity index (χ3n) is 2.89. The van der Waals surface area contributed by atoms with E-state index in [1.807, 2.05) is 0 Å². The summed E-state index contributed by atoms with van der Waals surface area (Å²) in [7, 11) is 0. The van der Waals surface area contributed by atoms with Crippen LogP contribution in [0.1, 0.15) is 19.8 Å². The fraction of sp³-hybridized carbons (Fsp3) is 0.455. The van der Waals surface area contributed by atoms with Crippen molar-refractivity contribution in [3.05, 3.63) is 34.1 Å². The van der Waals surface area contributed by atoms with Crippen LogP contribution in [-0.4, -0.2) is 11.0 Å². The number of nitrogens with one attached hydrogen (secondary N) is 1. The van der Waals surface area contributed by atoms with Gasteiger partial charge in [-0.15, -0.1) is 0 Å². The Morgan fingerprint density at radius 2 is 2.19 bits per heavy atom. The van der Waals surface area contributed by atoms with Gasteiger partial charge in [0.1, 0.15) is 11.5 Å². The van der Waals surface area contributed by atoms with Gasteiger partial charge in [-0.1, -0.05) is 6.92 Å². The zero-order valence-electron chi connectivity index (χ0n) is 8.94. The van der Waals surface area contributed by atoms with Crippen LogP contribution < -0.4 is 5.32 Å². The molecule has 0 radical (unpaired) electrons. The number of anilines is 1. The molecule has 1 aliphatic rings. The highest BCUT2D eigenvalue weighted by Crippen LogP contribution is 2.33. The van der Waals surface area contributed by atoms with Gasteiger partial charge in [0.2, 0.25) is 0 Å². The number of nitrogens with zero attached hydrogens (tertiary/aromatic N) is 1. The fourth-order valence-corrected chi connectivity index (χ4v) is 2.02. The lowest BCUT2D eigenvalue weighted by Gasteiger charge is -2.33. The molecule has 0 aromatic heterocycles. The number of rotatable bonds is 3. The molecular formula is C11H13FN2O2. The van der Waals surface area contributed by atoms with E-state index in [4.69, 9.17) is 0 Å². The predicted octanol–water partition coefficient (Wildman–Crippen LogP) is 2.94. The maximum absolute atomic E-state index is 12.9. The summed E-state index contributed by atoms with van der Waals surface area (Å²) in [6.07, 6.45) is 2.02. The van der Waals surface area contributed by atoms with E-state index in [0.717, 1.165) is 18.9 Å². The van der Waals surface area contributed by atoms with Crippen LogP contribution in [0.25, 0.3) is 0 Å². The predicted molar refractivity (Wildman–Crippen MR) is 58.9 cm³/mol. The molecular weight excluding hydrogens is 211 g/mol. The second-order valence-electron chi connectivity index (χ2n) is 4.34. The Morgan fingerprint density at radius 3 is 2.75 bits per heavy atom. The molecule has 0 atom stereocenters. The number of nitro benzene ring substituents is 1. The molecule has 86 valence electrons. The summed E-state index contributed by atoms with van der Waals surface area (Å²) in [5.41, 5.74) is 0.211. The molecule has 2 rings (SSSR count). The van der Waals surface area contributed by atoms with Crippen LogP contribution in [0.2, 0.25) is 0 Å². The average Bonchev–Trinajstić information content (AvgIpc) is 2.17. The number of benzene rings is 1. The van der Waals surface area contributed by atoms with Crippen LogP contribution in [0.4, 0.5) is 15.8 Å². The summed E-state index contributed by atoms with van der Waals surface area (Å²) in [6.45, 7) is 2.14. The van der Waals surface area contributed by atoms with Gasteiger partial charge in [0, 0.05) is 6.04 Å². The van der Waals surface area contributed by atoms with E-state index in [-0.39, 0.29) is 11.7 Å². The fourth-order valence-electron chi connectivity index (χ4n) is 2.02. The van der Waals surface area contributed by atoms with Crippen LogP contribution in [-0.2, 0) is 0 Å². The number of hydrogen-bond donors (Lipinski definition) is 1. The molecule has 1 aromatic carbocycles. The SMILES string of the molecule is CC1CC(Nc2ccc(F)cc2[N+](=O)[O-])C1. The minimum Gasteiger partial charge on any atom is -0.377 e. The van der Waals surface area contributed by atoms with E-state index in [0.29, 0.717) is 11.6 Å². The molecule has 0 amide bonds. The van der Waals surface area contributed by atoms with Crippen molar-refractivity contribution in [1.82, 2.24) is 0 Å². The maximum Gasteiger partial charge on any atom is 0.295 e. The van der Waals surface area contributed by atoms with Crippen molar-refractivity contribution in [3.8, 4) is 0 Å². The van der Waals surface area contributed by atoms with Crippen LogP contribution >= 0.6 is 0 Å². The molecule has 0 bridgehead atoms. The van der Waals surface area contributed by atoms with Gasteiger partial charge in [0.15, 0.2) is 0 Å².